The number of pyridine rings is 1. The number of benzene rings is 1. The molecule has 1 atom stereocenters. The van der Waals surface area contributed by atoms with Gasteiger partial charge < -0.3 is 10.6 Å². The second-order valence-corrected chi connectivity index (χ2v) is 6.19. The number of hydrogen-bond donors (Lipinski definition) is 2. The van der Waals surface area contributed by atoms with Crippen molar-refractivity contribution in [2.75, 3.05) is 13.1 Å². The summed E-state index contributed by atoms with van der Waals surface area (Å²) >= 11 is 0. The van der Waals surface area contributed by atoms with Crippen LogP contribution in [0.5, 0.6) is 0 Å². The van der Waals surface area contributed by atoms with E-state index in [0.29, 0.717) is 12.5 Å². The molecular formula is C20H26N4. The van der Waals surface area contributed by atoms with Gasteiger partial charge in [0.05, 0.1) is 12.2 Å². The third-order valence-corrected chi connectivity index (χ3v) is 4.48. The molecule has 1 aromatic carbocycles. The Kier molecular flexibility index (Phi) is 5.83. The van der Waals surface area contributed by atoms with Crippen molar-refractivity contribution in [2.45, 2.75) is 38.6 Å². The number of rotatable bonds is 5. The standard InChI is InChI=1S/C20H26N4/c1-2-21-20(24-15-18-11-5-6-13-22-18)23-14-17-10-7-9-16-8-3-4-12-19(16)17/h3-6,8,11-13,17H,2,7,9-10,14-15H2,1H3,(H2,21,23,24). The van der Waals surface area contributed by atoms with Crippen molar-refractivity contribution in [1.82, 2.24) is 15.6 Å². The van der Waals surface area contributed by atoms with Gasteiger partial charge in [0.15, 0.2) is 5.96 Å². The lowest BCUT2D eigenvalue weighted by Crippen LogP contribution is -2.39. The Morgan fingerprint density at radius 2 is 2.04 bits per heavy atom. The molecule has 2 N–H and O–H groups in total. The van der Waals surface area contributed by atoms with Crippen LogP contribution in [0.25, 0.3) is 0 Å². The molecule has 1 aliphatic carbocycles. The monoisotopic (exact) mass is 322 g/mol. The van der Waals surface area contributed by atoms with Gasteiger partial charge in [0.25, 0.3) is 0 Å². The highest BCUT2D eigenvalue weighted by Crippen LogP contribution is 2.30. The van der Waals surface area contributed by atoms with Crippen molar-refractivity contribution in [1.29, 1.82) is 0 Å². The predicted octanol–water partition coefficient (Wildman–Crippen LogP) is 3.26. The molecule has 1 aromatic heterocycles. The van der Waals surface area contributed by atoms with Gasteiger partial charge in [0.2, 0.25) is 0 Å². The van der Waals surface area contributed by atoms with Gasteiger partial charge in [-0.15, -0.1) is 0 Å². The van der Waals surface area contributed by atoms with Gasteiger partial charge in [-0.1, -0.05) is 30.3 Å². The van der Waals surface area contributed by atoms with Crippen molar-refractivity contribution in [3.05, 3.63) is 65.5 Å². The highest BCUT2D eigenvalue weighted by atomic mass is 15.2. The summed E-state index contributed by atoms with van der Waals surface area (Å²) in [5.74, 6) is 1.43. The first-order chi connectivity index (χ1) is 11.9. The quantitative estimate of drug-likeness (QED) is 0.656. The zero-order valence-electron chi connectivity index (χ0n) is 14.3. The summed E-state index contributed by atoms with van der Waals surface area (Å²) < 4.78 is 0. The normalized spacial score (nSPS) is 17.2. The topological polar surface area (TPSA) is 49.3 Å². The lowest BCUT2D eigenvalue weighted by molar-refractivity contribution is 0.539. The number of aromatic nitrogens is 1. The SMILES string of the molecule is CCNC(=NCc1ccccn1)NCC1CCCc2ccccc21. The molecule has 24 heavy (non-hydrogen) atoms. The van der Waals surface area contributed by atoms with Crippen molar-refractivity contribution in [2.24, 2.45) is 4.99 Å². The molecule has 1 unspecified atom stereocenters. The molecule has 0 spiro atoms. The average molecular weight is 322 g/mol. The minimum absolute atomic E-state index is 0.564. The van der Waals surface area contributed by atoms with Crippen molar-refractivity contribution in [3.63, 3.8) is 0 Å². The molecule has 0 bridgehead atoms. The molecule has 126 valence electrons. The lowest BCUT2D eigenvalue weighted by atomic mass is 9.83. The second kappa shape index (κ2) is 8.48. The molecule has 3 rings (SSSR count). The molecule has 4 nitrogen and oxygen atoms in total. The Morgan fingerprint density at radius 1 is 1.17 bits per heavy atom. The van der Waals surface area contributed by atoms with Crippen LogP contribution in [0, 0.1) is 0 Å². The average Bonchev–Trinajstić information content (AvgIpc) is 2.65. The van der Waals surface area contributed by atoms with Crippen LogP contribution >= 0.6 is 0 Å². The maximum absolute atomic E-state index is 4.66. The van der Waals surface area contributed by atoms with Gasteiger partial charge in [-0.25, -0.2) is 4.99 Å². The van der Waals surface area contributed by atoms with Crippen LogP contribution in [0.15, 0.2) is 53.7 Å². The van der Waals surface area contributed by atoms with E-state index in [1.54, 1.807) is 0 Å². The number of nitrogens with zero attached hydrogens (tertiary/aromatic N) is 2. The highest BCUT2D eigenvalue weighted by molar-refractivity contribution is 5.79. The number of nitrogens with one attached hydrogen (secondary N) is 2. The fourth-order valence-corrected chi connectivity index (χ4v) is 3.28. The van der Waals surface area contributed by atoms with Crippen molar-refractivity contribution < 1.29 is 0 Å². The number of guanidine groups is 1. The minimum atomic E-state index is 0.564. The van der Waals surface area contributed by atoms with E-state index in [4.69, 9.17) is 0 Å². The third-order valence-electron chi connectivity index (χ3n) is 4.48. The van der Waals surface area contributed by atoms with E-state index in [-0.39, 0.29) is 0 Å². The Balaban J connectivity index is 1.62. The lowest BCUT2D eigenvalue weighted by Gasteiger charge is -2.26. The summed E-state index contributed by atoms with van der Waals surface area (Å²) in [6.07, 6.45) is 5.53. The van der Waals surface area contributed by atoms with Gasteiger partial charge in [-0.3, -0.25) is 4.98 Å². The predicted molar refractivity (Wildman–Crippen MR) is 99.2 cm³/mol. The van der Waals surface area contributed by atoms with Gasteiger partial charge in [0, 0.05) is 25.2 Å². The summed E-state index contributed by atoms with van der Waals surface area (Å²) in [6.45, 7) is 4.46. The first-order valence-corrected chi connectivity index (χ1v) is 8.86. The van der Waals surface area contributed by atoms with E-state index in [1.165, 1.54) is 30.4 Å². The zero-order valence-corrected chi connectivity index (χ0v) is 14.3. The Hall–Kier alpha value is -2.36. The fourth-order valence-electron chi connectivity index (χ4n) is 3.28. The summed E-state index contributed by atoms with van der Waals surface area (Å²) in [6, 6.07) is 14.8. The van der Waals surface area contributed by atoms with Crippen LogP contribution in [0.2, 0.25) is 0 Å². The van der Waals surface area contributed by atoms with Gasteiger partial charge in [-0.2, -0.15) is 0 Å². The number of fused-ring (bicyclic) bond motifs is 1. The van der Waals surface area contributed by atoms with Crippen LogP contribution in [0.4, 0.5) is 0 Å². The van der Waals surface area contributed by atoms with Crippen molar-refractivity contribution >= 4 is 5.96 Å². The molecule has 1 aliphatic rings. The summed E-state index contributed by atoms with van der Waals surface area (Å²) in [5, 5.41) is 6.84. The highest BCUT2D eigenvalue weighted by Gasteiger charge is 2.19. The first kappa shape index (κ1) is 16.5. The molecule has 1 heterocycles. The smallest absolute Gasteiger partial charge is 0.191 e. The van der Waals surface area contributed by atoms with E-state index in [1.807, 2.05) is 24.4 Å². The van der Waals surface area contributed by atoms with E-state index >= 15 is 0 Å². The Morgan fingerprint density at radius 3 is 2.88 bits per heavy atom. The van der Waals surface area contributed by atoms with Crippen LogP contribution in [-0.4, -0.2) is 24.0 Å². The van der Waals surface area contributed by atoms with E-state index in [0.717, 1.165) is 24.7 Å². The molecule has 0 aliphatic heterocycles. The maximum atomic E-state index is 4.66. The molecular weight excluding hydrogens is 296 g/mol. The van der Waals surface area contributed by atoms with Crippen LogP contribution in [-0.2, 0) is 13.0 Å². The first-order valence-electron chi connectivity index (χ1n) is 8.86. The second-order valence-electron chi connectivity index (χ2n) is 6.19. The molecule has 0 saturated heterocycles. The van der Waals surface area contributed by atoms with Crippen LogP contribution in [0.1, 0.15) is 42.5 Å². The maximum Gasteiger partial charge on any atom is 0.191 e. The summed E-state index contributed by atoms with van der Waals surface area (Å²) in [4.78, 5) is 8.98. The Bertz CT molecular complexity index is 666. The third kappa shape index (κ3) is 4.34. The zero-order chi connectivity index (χ0) is 16.6. The molecule has 4 heteroatoms. The van der Waals surface area contributed by atoms with E-state index in [2.05, 4.69) is 51.8 Å². The number of aryl methyl sites for hydroxylation is 1. The van der Waals surface area contributed by atoms with E-state index < -0.39 is 0 Å². The van der Waals surface area contributed by atoms with Gasteiger partial charge in [0.1, 0.15) is 0 Å². The van der Waals surface area contributed by atoms with Crippen LogP contribution in [0.3, 0.4) is 0 Å². The van der Waals surface area contributed by atoms with Crippen LogP contribution < -0.4 is 10.6 Å². The van der Waals surface area contributed by atoms with Gasteiger partial charge >= 0.3 is 0 Å². The summed E-state index contributed by atoms with van der Waals surface area (Å²) in [7, 11) is 0. The molecule has 0 fully saturated rings. The largest absolute Gasteiger partial charge is 0.357 e. The Labute approximate surface area is 144 Å². The number of aliphatic imine (C=N–C) groups is 1. The van der Waals surface area contributed by atoms with Crippen molar-refractivity contribution in [3.8, 4) is 0 Å². The number of hydrogen-bond acceptors (Lipinski definition) is 2. The molecule has 0 amide bonds. The molecule has 0 saturated carbocycles. The van der Waals surface area contributed by atoms with Gasteiger partial charge in [-0.05, 0) is 49.4 Å². The molecule has 0 radical (unpaired) electrons. The fraction of sp³-hybridized carbons (Fsp3) is 0.400. The van der Waals surface area contributed by atoms with E-state index in [9.17, 15) is 0 Å². The minimum Gasteiger partial charge on any atom is -0.357 e. The summed E-state index contributed by atoms with van der Waals surface area (Å²) in [5.41, 5.74) is 3.99. The molecule has 2 aromatic rings.